The lowest BCUT2D eigenvalue weighted by atomic mass is 10.2. The van der Waals surface area contributed by atoms with Crippen LogP contribution < -0.4 is 0 Å². The highest BCUT2D eigenvalue weighted by atomic mass is 32.1. The van der Waals surface area contributed by atoms with E-state index in [-0.39, 0.29) is 6.61 Å². The first kappa shape index (κ1) is 16.2. The maximum Gasteiger partial charge on any atom is 0.0615 e. The first-order valence-corrected chi connectivity index (χ1v) is 7.50. The largest absolute Gasteiger partial charge is 0.395 e. The van der Waals surface area contributed by atoms with Gasteiger partial charge in [0.15, 0.2) is 0 Å². The predicted octanol–water partition coefficient (Wildman–Crippen LogP) is 2.34. The first-order chi connectivity index (χ1) is 9.22. The summed E-state index contributed by atoms with van der Waals surface area (Å²) in [4.78, 5) is 3.67. The molecule has 0 aliphatic carbocycles. The first-order valence-electron chi connectivity index (χ1n) is 6.62. The summed E-state index contributed by atoms with van der Waals surface area (Å²) in [5.41, 5.74) is 1.08. The molecule has 3 nitrogen and oxygen atoms in total. The van der Waals surface area contributed by atoms with Gasteiger partial charge in [0, 0.05) is 36.6 Å². The molecule has 1 N–H and O–H groups in total. The van der Waals surface area contributed by atoms with Crippen LogP contribution in [0.2, 0.25) is 0 Å². The van der Waals surface area contributed by atoms with E-state index in [0.29, 0.717) is 12.5 Å². The van der Waals surface area contributed by atoms with Gasteiger partial charge in [-0.2, -0.15) is 0 Å². The highest BCUT2D eigenvalue weighted by Gasteiger charge is 2.14. The molecule has 1 aromatic heterocycles. The number of rotatable bonds is 7. The van der Waals surface area contributed by atoms with Crippen molar-refractivity contribution in [3.63, 3.8) is 0 Å². The van der Waals surface area contributed by atoms with Gasteiger partial charge in [-0.05, 0) is 24.9 Å². The molecule has 1 unspecified atom stereocenters. The zero-order chi connectivity index (χ0) is 14.1. The molecule has 4 heteroatoms. The summed E-state index contributed by atoms with van der Waals surface area (Å²) >= 11 is 1.74. The molecule has 0 aliphatic heterocycles. The summed E-state index contributed by atoms with van der Waals surface area (Å²) in [6, 6.07) is 2.45. The lowest BCUT2D eigenvalue weighted by Gasteiger charge is -2.26. The van der Waals surface area contributed by atoms with Crippen LogP contribution in [-0.2, 0) is 11.3 Å². The van der Waals surface area contributed by atoms with E-state index < -0.39 is 0 Å². The lowest BCUT2D eigenvalue weighted by Crippen LogP contribution is -2.35. The van der Waals surface area contributed by atoms with Crippen molar-refractivity contribution in [2.75, 3.05) is 26.9 Å². The van der Waals surface area contributed by atoms with E-state index in [2.05, 4.69) is 42.0 Å². The SMILES string of the molecule is CCN(Cc1sccc1C#CCCO)C(C)COC. The quantitative estimate of drug-likeness (QED) is 0.779. The van der Waals surface area contributed by atoms with Gasteiger partial charge in [0.05, 0.1) is 13.2 Å². The molecule has 106 valence electrons. The van der Waals surface area contributed by atoms with Gasteiger partial charge in [0.25, 0.3) is 0 Å². The van der Waals surface area contributed by atoms with Crippen molar-refractivity contribution < 1.29 is 9.84 Å². The van der Waals surface area contributed by atoms with Crippen molar-refractivity contribution in [1.82, 2.24) is 4.90 Å². The second kappa shape index (κ2) is 9.11. The number of thiophene rings is 1. The predicted molar refractivity (Wildman–Crippen MR) is 80.3 cm³/mol. The van der Waals surface area contributed by atoms with Crippen molar-refractivity contribution in [2.45, 2.75) is 32.9 Å². The van der Waals surface area contributed by atoms with Gasteiger partial charge in [-0.25, -0.2) is 0 Å². The van der Waals surface area contributed by atoms with Crippen LogP contribution in [0, 0.1) is 11.8 Å². The Bertz CT molecular complexity index is 419. The van der Waals surface area contributed by atoms with Crippen molar-refractivity contribution in [2.24, 2.45) is 0 Å². The van der Waals surface area contributed by atoms with Crippen LogP contribution in [0.1, 0.15) is 30.7 Å². The van der Waals surface area contributed by atoms with Gasteiger partial charge in [-0.3, -0.25) is 4.90 Å². The van der Waals surface area contributed by atoms with Crippen molar-refractivity contribution in [3.05, 3.63) is 21.9 Å². The maximum absolute atomic E-state index is 8.76. The summed E-state index contributed by atoms with van der Waals surface area (Å²) in [7, 11) is 1.74. The molecular weight excluding hydrogens is 258 g/mol. The van der Waals surface area contributed by atoms with Crippen molar-refractivity contribution >= 4 is 11.3 Å². The van der Waals surface area contributed by atoms with Gasteiger partial charge in [0.1, 0.15) is 0 Å². The van der Waals surface area contributed by atoms with Crippen LogP contribution in [0.5, 0.6) is 0 Å². The normalized spacial score (nSPS) is 12.3. The van der Waals surface area contributed by atoms with Crippen molar-refractivity contribution in [1.29, 1.82) is 0 Å². The second-order valence-corrected chi connectivity index (χ2v) is 5.40. The van der Waals surface area contributed by atoms with Gasteiger partial charge >= 0.3 is 0 Å². The molecule has 0 fully saturated rings. The van der Waals surface area contributed by atoms with Gasteiger partial charge in [-0.1, -0.05) is 18.8 Å². The third-order valence-corrected chi connectivity index (χ3v) is 3.90. The molecular formula is C15H23NO2S. The maximum atomic E-state index is 8.76. The number of aliphatic hydroxyl groups excluding tert-OH is 1. The van der Waals surface area contributed by atoms with Crippen LogP contribution >= 0.6 is 11.3 Å². The van der Waals surface area contributed by atoms with Gasteiger partial charge < -0.3 is 9.84 Å². The third kappa shape index (κ3) is 5.33. The average molecular weight is 281 g/mol. The standard InChI is InChI=1S/C15H23NO2S/c1-4-16(13(2)12-18-3)11-15-14(8-10-19-15)7-5-6-9-17/h8,10,13,17H,4,6,9,11-12H2,1-3H3. The van der Waals surface area contributed by atoms with Gasteiger partial charge in [-0.15, -0.1) is 11.3 Å². The summed E-state index contributed by atoms with van der Waals surface area (Å²) in [6.45, 7) is 7.10. The molecule has 0 radical (unpaired) electrons. The van der Waals surface area contributed by atoms with Crippen LogP contribution in [0.3, 0.4) is 0 Å². The number of likely N-dealkylation sites (N-methyl/N-ethyl adjacent to an activating group) is 1. The molecule has 0 saturated heterocycles. The van der Waals surface area contributed by atoms with Crippen LogP contribution in [0.15, 0.2) is 11.4 Å². The van der Waals surface area contributed by atoms with Crippen LogP contribution in [0.4, 0.5) is 0 Å². The van der Waals surface area contributed by atoms with Gasteiger partial charge in [0.2, 0.25) is 0 Å². The minimum Gasteiger partial charge on any atom is -0.395 e. The van der Waals surface area contributed by atoms with Crippen LogP contribution in [-0.4, -0.2) is 42.9 Å². The Balaban J connectivity index is 2.70. The average Bonchev–Trinajstić information content (AvgIpc) is 2.84. The molecule has 1 atom stereocenters. The van der Waals surface area contributed by atoms with E-state index in [1.807, 2.05) is 0 Å². The summed E-state index contributed by atoms with van der Waals surface area (Å²) in [6.07, 6.45) is 0.535. The molecule has 0 bridgehead atoms. The lowest BCUT2D eigenvalue weighted by molar-refractivity contribution is 0.0988. The fraction of sp³-hybridized carbons (Fsp3) is 0.600. The van der Waals surface area contributed by atoms with Crippen molar-refractivity contribution in [3.8, 4) is 11.8 Å². The van der Waals surface area contributed by atoms with E-state index in [0.717, 1.165) is 25.3 Å². The summed E-state index contributed by atoms with van der Waals surface area (Å²) in [5, 5.41) is 10.8. The number of aliphatic hydroxyl groups is 1. The fourth-order valence-electron chi connectivity index (χ4n) is 1.90. The number of hydrogen-bond donors (Lipinski definition) is 1. The molecule has 1 rings (SSSR count). The molecule has 1 heterocycles. The second-order valence-electron chi connectivity index (χ2n) is 4.40. The minimum absolute atomic E-state index is 0.123. The highest BCUT2D eigenvalue weighted by molar-refractivity contribution is 7.10. The molecule has 0 aliphatic rings. The Morgan fingerprint density at radius 1 is 1.53 bits per heavy atom. The fourth-order valence-corrected chi connectivity index (χ4v) is 2.75. The molecule has 0 amide bonds. The Hall–Kier alpha value is -0.860. The van der Waals surface area contributed by atoms with E-state index in [1.54, 1.807) is 18.4 Å². The molecule has 0 saturated carbocycles. The smallest absolute Gasteiger partial charge is 0.0615 e. The van der Waals surface area contributed by atoms with Crippen LogP contribution in [0.25, 0.3) is 0 Å². The Morgan fingerprint density at radius 2 is 2.32 bits per heavy atom. The zero-order valence-corrected chi connectivity index (χ0v) is 12.8. The summed E-state index contributed by atoms with van der Waals surface area (Å²) < 4.78 is 5.22. The topological polar surface area (TPSA) is 32.7 Å². The minimum atomic E-state index is 0.123. The highest BCUT2D eigenvalue weighted by Crippen LogP contribution is 2.19. The van der Waals surface area contributed by atoms with E-state index in [1.165, 1.54) is 4.88 Å². The Labute approximate surface area is 120 Å². The Morgan fingerprint density at radius 3 is 2.95 bits per heavy atom. The third-order valence-electron chi connectivity index (χ3n) is 2.99. The summed E-state index contributed by atoms with van der Waals surface area (Å²) in [5.74, 6) is 6.12. The Kier molecular flexibility index (Phi) is 7.76. The molecule has 19 heavy (non-hydrogen) atoms. The molecule has 1 aromatic rings. The van der Waals surface area contributed by atoms with E-state index >= 15 is 0 Å². The molecule has 0 aromatic carbocycles. The molecule has 0 spiro atoms. The number of nitrogens with zero attached hydrogens (tertiary/aromatic N) is 1. The van der Waals surface area contributed by atoms with E-state index in [4.69, 9.17) is 9.84 Å². The monoisotopic (exact) mass is 281 g/mol. The zero-order valence-electron chi connectivity index (χ0n) is 12.0. The van der Waals surface area contributed by atoms with E-state index in [9.17, 15) is 0 Å². The number of methoxy groups -OCH3 is 1. The number of ether oxygens (including phenoxy) is 1. The number of hydrogen-bond acceptors (Lipinski definition) is 4.